The first kappa shape index (κ1) is 12.6. The predicted molar refractivity (Wildman–Crippen MR) is 67.1 cm³/mol. The van der Waals surface area contributed by atoms with Crippen LogP contribution in [0.1, 0.15) is 29.5 Å². The summed E-state index contributed by atoms with van der Waals surface area (Å²) in [5, 5.41) is 9.12. The molecule has 0 spiro atoms. The van der Waals surface area contributed by atoms with Gasteiger partial charge in [0.25, 0.3) is 0 Å². The van der Waals surface area contributed by atoms with Crippen molar-refractivity contribution in [3.8, 4) is 0 Å². The van der Waals surface area contributed by atoms with Gasteiger partial charge in [-0.05, 0) is 37.0 Å². The number of carboxylic acids is 1. The number of hydrogen-bond donors (Lipinski definition) is 1. The van der Waals surface area contributed by atoms with Crippen molar-refractivity contribution in [1.82, 2.24) is 4.90 Å². The van der Waals surface area contributed by atoms with E-state index in [0.717, 1.165) is 16.7 Å². The Morgan fingerprint density at radius 2 is 2.00 bits per heavy atom. The molecule has 96 valence electrons. The molecule has 1 aromatic rings. The van der Waals surface area contributed by atoms with Crippen molar-refractivity contribution in [1.29, 1.82) is 0 Å². The molecule has 0 saturated carbocycles. The molecule has 1 aromatic carbocycles. The van der Waals surface area contributed by atoms with Gasteiger partial charge < -0.3 is 10.0 Å². The first-order valence-corrected chi connectivity index (χ1v) is 6.08. The molecule has 1 amide bonds. The number of carboxylic acid groups (broad SMARTS) is 1. The molecule has 1 heterocycles. The molecule has 0 radical (unpaired) electrons. The summed E-state index contributed by atoms with van der Waals surface area (Å²) < 4.78 is 0. The van der Waals surface area contributed by atoms with E-state index in [-0.39, 0.29) is 5.91 Å². The van der Waals surface area contributed by atoms with Crippen molar-refractivity contribution in [2.24, 2.45) is 0 Å². The third kappa shape index (κ3) is 2.23. The Labute approximate surface area is 106 Å². The molecule has 1 unspecified atom stereocenters. The van der Waals surface area contributed by atoms with Crippen molar-refractivity contribution in [2.75, 3.05) is 0 Å². The number of likely N-dealkylation sites (tertiary alicyclic amines) is 1. The highest BCUT2D eigenvalue weighted by molar-refractivity contribution is 5.87. The van der Waals surface area contributed by atoms with Gasteiger partial charge in [0.2, 0.25) is 5.91 Å². The minimum atomic E-state index is -0.910. The predicted octanol–water partition coefficient (Wildman–Crippen LogP) is 1.88. The summed E-state index contributed by atoms with van der Waals surface area (Å²) in [6.45, 7) is 4.37. The number of rotatable bonds is 3. The number of aryl methyl sites for hydroxylation is 2. The third-order valence-corrected chi connectivity index (χ3v) is 3.59. The topological polar surface area (TPSA) is 57.6 Å². The largest absolute Gasteiger partial charge is 0.480 e. The van der Waals surface area contributed by atoms with Gasteiger partial charge in [-0.3, -0.25) is 4.79 Å². The second kappa shape index (κ2) is 4.80. The maximum Gasteiger partial charge on any atom is 0.326 e. The van der Waals surface area contributed by atoms with Gasteiger partial charge in [0.1, 0.15) is 6.04 Å². The summed E-state index contributed by atoms with van der Waals surface area (Å²) in [6.07, 6.45) is 0.751. The van der Waals surface area contributed by atoms with Crippen LogP contribution in [0.5, 0.6) is 0 Å². The second-order valence-corrected chi connectivity index (χ2v) is 4.78. The Bertz CT molecular complexity index is 476. The lowest BCUT2D eigenvalue weighted by atomic mass is 10.0. The SMILES string of the molecule is Cc1cccc(C)c1CN1C(=O)CCC1C(=O)O. The van der Waals surface area contributed by atoms with Crippen LogP contribution in [0.3, 0.4) is 0 Å². The Morgan fingerprint density at radius 1 is 1.39 bits per heavy atom. The highest BCUT2D eigenvalue weighted by atomic mass is 16.4. The quantitative estimate of drug-likeness (QED) is 0.887. The fourth-order valence-electron chi connectivity index (χ4n) is 2.46. The number of carbonyl (C=O) groups is 2. The van der Waals surface area contributed by atoms with E-state index >= 15 is 0 Å². The minimum absolute atomic E-state index is 0.0648. The van der Waals surface area contributed by atoms with Gasteiger partial charge >= 0.3 is 5.97 Å². The zero-order valence-corrected chi connectivity index (χ0v) is 10.6. The highest BCUT2D eigenvalue weighted by Crippen LogP contribution is 2.24. The van der Waals surface area contributed by atoms with Crippen LogP contribution < -0.4 is 0 Å². The lowest BCUT2D eigenvalue weighted by Gasteiger charge is -2.23. The first-order chi connectivity index (χ1) is 8.50. The average molecular weight is 247 g/mol. The van der Waals surface area contributed by atoms with Gasteiger partial charge in [-0.15, -0.1) is 0 Å². The second-order valence-electron chi connectivity index (χ2n) is 4.78. The number of hydrogen-bond acceptors (Lipinski definition) is 2. The number of amides is 1. The van der Waals surface area contributed by atoms with Crippen LogP contribution in [-0.2, 0) is 16.1 Å². The van der Waals surface area contributed by atoms with Gasteiger partial charge in [-0.25, -0.2) is 4.79 Å². The zero-order valence-electron chi connectivity index (χ0n) is 10.6. The lowest BCUT2D eigenvalue weighted by molar-refractivity contribution is -0.146. The standard InChI is InChI=1S/C14H17NO3/c1-9-4-3-5-10(2)11(9)8-15-12(14(17)18)6-7-13(15)16/h3-5,12H,6-8H2,1-2H3,(H,17,18). The van der Waals surface area contributed by atoms with Crippen molar-refractivity contribution in [3.05, 3.63) is 34.9 Å². The summed E-state index contributed by atoms with van der Waals surface area (Å²) in [6, 6.07) is 5.27. The molecule has 1 aliphatic rings. The third-order valence-electron chi connectivity index (χ3n) is 3.59. The fourth-order valence-corrected chi connectivity index (χ4v) is 2.46. The van der Waals surface area contributed by atoms with Crippen LogP contribution in [0, 0.1) is 13.8 Å². The van der Waals surface area contributed by atoms with E-state index in [2.05, 4.69) is 0 Å². The van der Waals surface area contributed by atoms with E-state index in [1.807, 2.05) is 32.0 Å². The van der Waals surface area contributed by atoms with E-state index in [4.69, 9.17) is 5.11 Å². The van der Waals surface area contributed by atoms with Gasteiger partial charge in [-0.1, -0.05) is 18.2 Å². The van der Waals surface area contributed by atoms with E-state index in [0.29, 0.717) is 19.4 Å². The Morgan fingerprint density at radius 3 is 2.56 bits per heavy atom. The Hall–Kier alpha value is -1.84. The van der Waals surface area contributed by atoms with Crippen LogP contribution in [0.25, 0.3) is 0 Å². The molecule has 1 fully saturated rings. The normalized spacial score (nSPS) is 19.3. The van der Waals surface area contributed by atoms with Gasteiger partial charge in [0, 0.05) is 13.0 Å². The van der Waals surface area contributed by atoms with Crippen molar-refractivity contribution in [2.45, 2.75) is 39.3 Å². The number of carbonyl (C=O) groups excluding carboxylic acids is 1. The molecular weight excluding hydrogens is 230 g/mol. The smallest absolute Gasteiger partial charge is 0.326 e. The molecular formula is C14H17NO3. The monoisotopic (exact) mass is 247 g/mol. The minimum Gasteiger partial charge on any atom is -0.480 e. The Balaban J connectivity index is 2.27. The zero-order chi connectivity index (χ0) is 13.3. The van der Waals surface area contributed by atoms with E-state index < -0.39 is 12.0 Å². The molecule has 2 rings (SSSR count). The van der Waals surface area contributed by atoms with Gasteiger partial charge in [0.05, 0.1) is 0 Å². The molecule has 1 N–H and O–H groups in total. The van der Waals surface area contributed by atoms with Crippen molar-refractivity contribution < 1.29 is 14.7 Å². The molecule has 4 nitrogen and oxygen atoms in total. The molecule has 0 aliphatic carbocycles. The van der Waals surface area contributed by atoms with E-state index in [9.17, 15) is 9.59 Å². The molecule has 4 heteroatoms. The van der Waals surface area contributed by atoms with Crippen molar-refractivity contribution >= 4 is 11.9 Å². The van der Waals surface area contributed by atoms with Gasteiger partial charge in [0.15, 0.2) is 0 Å². The number of nitrogens with zero attached hydrogens (tertiary/aromatic N) is 1. The van der Waals surface area contributed by atoms with Gasteiger partial charge in [-0.2, -0.15) is 0 Å². The number of aliphatic carboxylic acids is 1. The molecule has 1 saturated heterocycles. The van der Waals surface area contributed by atoms with Crippen molar-refractivity contribution in [3.63, 3.8) is 0 Å². The maximum atomic E-state index is 11.8. The maximum absolute atomic E-state index is 11.8. The van der Waals surface area contributed by atoms with Crippen LogP contribution >= 0.6 is 0 Å². The molecule has 1 aliphatic heterocycles. The Kier molecular flexibility index (Phi) is 3.36. The highest BCUT2D eigenvalue weighted by Gasteiger charge is 2.36. The van der Waals surface area contributed by atoms with E-state index in [1.165, 1.54) is 4.90 Å². The summed E-state index contributed by atoms with van der Waals surface area (Å²) in [5.41, 5.74) is 3.25. The first-order valence-electron chi connectivity index (χ1n) is 6.08. The van der Waals surface area contributed by atoms with Crippen LogP contribution in [0.15, 0.2) is 18.2 Å². The summed E-state index contributed by atoms with van der Waals surface area (Å²) in [5.74, 6) is -0.975. The fraction of sp³-hybridized carbons (Fsp3) is 0.429. The van der Waals surface area contributed by atoms with Crippen LogP contribution in [0.2, 0.25) is 0 Å². The molecule has 0 bridgehead atoms. The number of benzene rings is 1. The molecule has 18 heavy (non-hydrogen) atoms. The summed E-state index contributed by atoms with van der Waals surface area (Å²) in [7, 11) is 0. The summed E-state index contributed by atoms with van der Waals surface area (Å²) in [4.78, 5) is 24.4. The van der Waals surface area contributed by atoms with Crippen LogP contribution in [-0.4, -0.2) is 27.9 Å². The molecule has 0 aromatic heterocycles. The van der Waals surface area contributed by atoms with Crippen LogP contribution in [0.4, 0.5) is 0 Å². The average Bonchev–Trinajstić information content (AvgIpc) is 2.66. The lowest BCUT2D eigenvalue weighted by Crippen LogP contribution is -2.38. The van der Waals surface area contributed by atoms with E-state index in [1.54, 1.807) is 0 Å². The summed E-state index contributed by atoms with van der Waals surface area (Å²) >= 11 is 0. The molecule has 1 atom stereocenters.